The number of nitrogens with zero attached hydrogens (tertiary/aromatic N) is 1. The number of benzene rings is 1. The van der Waals surface area contributed by atoms with Crippen molar-refractivity contribution in [3.8, 4) is 0 Å². The van der Waals surface area contributed by atoms with E-state index in [1.165, 1.54) is 12.1 Å². The molecule has 3 heterocycles. The Labute approximate surface area is 183 Å². The average molecular weight is 446 g/mol. The monoisotopic (exact) mass is 446 g/mol. The van der Waals surface area contributed by atoms with E-state index < -0.39 is 47.0 Å². The largest absolute Gasteiger partial charge is 0.314 e. The molecule has 10 heteroatoms. The van der Waals surface area contributed by atoms with Gasteiger partial charge in [-0.25, -0.2) is 8.78 Å². The zero-order valence-electron chi connectivity index (χ0n) is 17.4. The van der Waals surface area contributed by atoms with Gasteiger partial charge in [0.25, 0.3) is 17.7 Å². The van der Waals surface area contributed by atoms with Crippen molar-refractivity contribution >= 4 is 23.6 Å². The van der Waals surface area contributed by atoms with Gasteiger partial charge in [0.05, 0.1) is 16.7 Å². The second-order valence-corrected chi connectivity index (χ2v) is 9.11. The molecule has 1 saturated carbocycles. The van der Waals surface area contributed by atoms with Crippen LogP contribution in [-0.2, 0) is 16.1 Å². The Morgan fingerprint density at radius 1 is 1.09 bits per heavy atom. The SMILES string of the molecule is O=C1CCC(N2C(=O)c3ccc(CNC45CCCC(CNC4)C5(F)F)cc3C2=O)C(=O)N1. The number of carbonyl (C=O) groups excluding carboxylic acids is 4. The van der Waals surface area contributed by atoms with E-state index >= 15 is 8.78 Å². The lowest BCUT2D eigenvalue weighted by Gasteiger charge is -2.52. The Bertz CT molecular complexity index is 1020. The summed E-state index contributed by atoms with van der Waals surface area (Å²) in [5, 5.41) is 8.33. The molecule has 1 aliphatic carbocycles. The van der Waals surface area contributed by atoms with Crippen LogP contribution in [0.5, 0.6) is 0 Å². The molecule has 1 aromatic rings. The number of imide groups is 2. The molecule has 3 N–H and O–H groups in total. The first-order valence-electron chi connectivity index (χ1n) is 10.9. The van der Waals surface area contributed by atoms with Crippen molar-refractivity contribution in [1.82, 2.24) is 20.9 Å². The maximum atomic E-state index is 15.1. The smallest absolute Gasteiger partial charge is 0.271 e. The van der Waals surface area contributed by atoms with Gasteiger partial charge in [0.1, 0.15) is 6.04 Å². The molecule has 4 aliphatic rings. The summed E-state index contributed by atoms with van der Waals surface area (Å²) in [6, 6.07) is 3.62. The van der Waals surface area contributed by atoms with Crippen molar-refractivity contribution < 1.29 is 28.0 Å². The van der Waals surface area contributed by atoms with Crippen LogP contribution < -0.4 is 16.0 Å². The minimum atomic E-state index is -2.83. The number of hydrogen-bond acceptors (Lipinski definition) is 6. The van der Waals surface area contributed by atoms with E-state index in [9.17, 15) is 19.2 Å². The van der Waals surface area contributed by atoms with Gasteiger partial charge >= 0.3 is 0 Å². The fourth-order valence-corrected chi connectivity index (χ4v) is 5.45. The second-order valence-electron chi connectivity index (χ2n) is 9.11. The minimum Gasteiger partial charge on any atom is -0.314 e. The predicted octanol–water partition coefficient (Wildman–Crippen LogP) is 0.955. The van der Waals surface area contributed by atoms with E-state index in [-0.39, 0.29) is 37.1 Å². The number of halogens is 2. The quantitative estimate of drug-likeness (QED) is 0.595. The fraction of sp³-hybridized carbons (Fsp3) is 0.545. The van der Waals surface area contributed by atoms with Crippen molar-refractivity contribution in [2.45, 2.75) is 56.2 Å². The Morgan fingerprint density at radius 2 is 1.88 bits per heavy atom. The van der Waals surface area contributed by atoms with Crippen LogP contribution in [0, 0.1) is 5.92 Å². The van der Waals surface area contributed by atoms with Crippen LogP contribution in [0.15, 0.2) is 18.2 Å². The molecule has 3 aliphatic heterocycles. The number of nitrogens with one attached hydrogen (secondary N) is 3. The molecule has 3 atom stereocenters. The first kappa shape index (κ1) is 21.1. The van der Waals surface area contributed by atoms with Crippen LogP contribution in [0.1, 0.15) is 58.4 Å². The molecule has 2 saturated heterocycles. The Balaban J connectivity index is 1.35. The topological polar surface area (TPSA) is 108 Å². The van der Waals surface area contributed by atoms with Gasteiger partial charge in [0.2, 0.25) is 11.8 Å². The van der Waals surface area contributed by atoms with Gasteiger partial charge in [0, 0.05) is 32.0 Å². The van der Waals surface area contributed by atoms with E-state index in [2.05, 4.69) is 16.0 Å². The molecule has 3 fully saturated rings. The third-order valence-corrected chi connectivity index (χ3v) is 7.26. The van der Waals surface area contributed by atoms with Crippen LogP contribution in [0.3, 0.4) is 0 Å². The third-order valence-electron chi connectivity index (χ3n) is 7.26. The number of fused-ring (bicyclic) bond motifs is 3. The van der Waals surface area contributed by atoms with Crippen LogP contribution in [0.4, 0.5) is 8.78 Å². The molecule has 0 aromatic heterocycles. The molecular formula is C22H24F2N4O4. The summed E-state index contributed by atoms with van der Waals surface area (Å²) in [4.78, 5) is 50.2. The lowest BCUT2D eigenvalue weighted by Crippen LogP contribution is -2.72. The summed E-state index contributed by atoms with van der Waals surface area (Å²) in [5.74, 6) is -5.83. The van der Waals surface area contributed by atoms with Gasteiger partial charge in [-0.2, -0.15) is 0 Å². The van der Waals surface area contributed by atoms with Gasteiger partial charge in [-0.05, 0) is 37.0 Å². The highest BCUT2D eigenvalue weighted by Gasteiger charge is 2.61. The number of carbonyl (C=O) groups is 4. The highest BCUT2D eigenvalue weighted by Crippen LogP contribution is 2.47. The Morgan fingerprint density at radius 3 is 2.66 bits per heavy atom. The number of rotatable bonds is 4. The molecule has 8 nitrogen and oxygen atoms in total. The maximum Gasteiger partial charge on any atom is 0.271 e. The third kappa shape index (κ3) is 3.07. The standard InChI is InChI=1S/C22H24F2N4O4/c23-22(24)13-2-1-7-21(22,11-25-10-13)26-9-12-3-4-14-15(8-12)20(32)28(19(14)31)16-5-6-17(29)27-18(16)30/h3-4,8,13,16,25-26H,1-2,5-7,9-11H2,(H,27,29,30). The number of alkyl halides is 2. The Kier molecular flexibility index (Phi) is 4.90. The molecule has 0 spiro atoms. The molecule has 5 rings (SSSR count). The first-order valence-corrected chi connectivity index (χ1v) is 10.9. The maximum absolute atomic E-state index is 15.1. The minimum absolute atomic E-state index is 0.0459. The molecular weight excluding hydrogens is 422 g/mol. The van der Waals surface area contributed by atoms with Crippen LogP contribution in [-0.4, -0.2) is 59.1 Å². The van der Waals surface area contributed by atoms with E-state index in [0.29, 0.717) is 24.9 Å². The normalized spacial score (nSPS) is 31.5. The fourth-order valence-electron chi connectivity index (χ4n) is 5.45. The summed E-state index contributed by atoms with van der Waals surface area (Å²) in [5.41, 5.74) is -0.422. The molecule has 0 radical (unpaired) electrons. The van der Waals surface area contributed by atoms with E-state index in [1.54, 1.807) is 6.07 Å². The number of amides is 4. The molecule has 170 valence electrons. The van der Waals surface area contributed by atoms with E-state index in [4.69, 9.17) is 0 Å². The number of hydrogen-bond donors (Lipinski definition) is 3. The van der Waals surface area contributed by atoms with Gasteiger partial charge in [0.15, 0.2) is 0 Å². The molecule has 4 amide bonds. The molecule has 3 unspecified atom stereocenters. The lowest BCUT2D eigenvalue weighted by atomic mass is 9.69. The zero-order valence-corrected chi connectivity index (χ0v) is 17.4. The first-order chi connectivity index (χ1) is 15.2. The van der Waals surface area contributed by atoms with Crippen LogP contribution >= 0.6 is 0 Å². The zero-order chi connectivity index (χ0) is 22.7. The van der Waals surface area contributed by atoms with Crippen LogP contribution in [0.2, 0.25) is 0 Å². The average Bonchev–Trinajstić information content (AvgIpc) is 2.97. The molecule has 32 heavy (non-hydrogen) atoms. The summed E-state index contributed by atoms with van der Waals surface area (Å²) >= 11 is 0. The Hall–Kier alpha value is -2.72. The van der Waals surface area contributed by atoms with E-state index in [0.717, 1.165) is 11.3 Å². The molecule has 2 bridgehead atoms. The van der Waals surface area contributed by atoms with Crippen molar-refractivity contribution in [3.05, 3.63) is 34.9 Å². The van der Waals surface area contributed by atoms with Crippen molar-refractivity contribution in [2.24, 2.45) is 5.92 Å². The van der Waals surface area contributed by atoms with Crippen molar-refractivity contribution in [2.75, 3.05) is 13.1 Å². The lowest BCUT2D eigenvalue weighted by molar-refractivity contribution is -0.172. The van der Waals surface area contributed by atoms with Gasteiger partial charge < -0.3 is 10.6 Å². The van der Waals surface area contributed by atoms with Crippen molar-refractivity contribution in [3.63, 3.8) is 0 Å². The van der Waals surface area contributed by atoms with Crippen LogP contribution in [0.25, 0.3) is 0 Å². The highest BCUT2D eigenvalue weighted by atomic mass is 19.3. The highest BCUT2D eigenvalue weighted by molar-refractivity contribution is 6.23. The predicted molar refractivity (Wildman–Crippen MR) is 108 cm³/mol. The van der Waals surface area contributed by atoms with Gasteiger partial charge in [-0.15, -0.1) is 0 Å². The van der Waals surface area contributed by atoms with E-state index in [1.807, 2.05) is 0 Å². The molecule has 1 aromatic carbocycles. The van der Waals surface area contributed by atoms with Crippen molar-refractivity contribution in [1.29, 1.82) is 0 Å². The summed E-state index contributed by atoms with van der Waals surface area (Å²) in [6.45, 7) is 0.599. The van der Waals surface area contributed by atoms with Gasteiger partial charge in [-0.1, -0.05) is 12.5 Å². The summed E-state index contributed by atoms with van der Waals surface area (Å²) in [6.07, 6.45) is 1.71. The summed E-state index contributed by atoms with van der Waals surface area (Å²) < 4.78 is 30.1. The van der Waals surface area contributed by atoms with Gasteiger partial charge in [-0.3, -0.25) is 29.4 Å². The second kappa shape index (κ2) is 7.41. The summed E-state index contributed by atoms with van der Waals surface area (Å²) in [7, 11) is 0. The number of piperidine rings is 2.